The van der Waals surface area contributed by atoms with Crippen molar-refractivity contribution in [3.63, 3.8) is 0 Å². The van der Waals surface area contributed by atoms with Crippen LogP contribution in [-0.4, -0.2) is 9.97 Å². The molecule has 5 nitrogen and oxygen atoms in total. The van der Waals surface area contributed by atoms with Crippen molar-refractivity contribution >= 4 is 37.7 Å². The highest BCUT2D eigenvalue weighted by atomic mass is 79.9. The topological polar surface area (TPSA) is 77.0 Å². The predicted molar refractivity (Wildman–Crippen MR) is 77.0 cm³/mol. The van der Waals surface area contributed by atoms with Crippen molar-refractivity contribution in [3.8, 4) is 11.6 Å². The van der Waals surface area contributed by atoms with E-state index in [0.29, 0.717) is 22.1 Å². The van der Waals surface area contributed by atoms with Gasteiger partial charge in [0.15, 0.2) is 16.3 Å². The van der Waals surface area contributed by atoms with Crippen molar-refractivity contribution in [1.82, 2.24) is 9.97 Å². The average molecular weight is 376 g/mol. The quantitative estimate of drug-likeness (QED) is 0.632. The molecule has 0 bridgehead atoms. The second kappa shape index (κ2) is 5.38. The minimum atomic E-state index is 0.278. The maximum absolute atomic E-state index is 5.51. The van der Waals surface area contributed by atoms with E-state index in [1.165, 1.54) is 0 Å². The number of rotatable bonds is 3. The summed E-state index contributed by atoms with van der Waals surface area (Å²) in [6.07, 6.45) is 0. The van der Waals surface area contributed by atoms with Gasteiger partial charge >= 0.3 is 0 Å². The molecule has 0 aromatic carbocycles. The number of hydrogen-bond acceptors (Lipinski definition) is 5. The van der Waals surface area contributed by atoms with Crippen molar-refractivity contribution in [2.75, 3.05) is 5.43 Å². The van der Waals surface area contributed by atoms with Gasteiger partial charge in [0.2, 0.25) is 0 Å². The standard InChI is InChI=1S/C11H12Br2N4O/c1-5(2)7-4-9(17-14)16-11(15-7)8-3-6(12)10(13)18-8/h3-5H,14H2,1-2H3,(H,15,16,17). The van der Waals surface area contributed by atoms with Crippen molar-refractivity contribution in [2.45, 2.75) is 19.8 Å². The van der Waals surface area contributed by atoms with E-state index >= 15 is 0 Å². The van der Waals surface area contributed by atoms with Crippen molar-refractivity contribution in [1.29, 1.82) is 0 Å². The maximum Gasteiger partial charge on any atom is 0.198 e. The number of halogens is 2. The van der Waals surface area contributed by atoms with Gasteiger partial charge in [-0.25, -0.2) is 15.8 Å². The van der Waals surface area contributed by atoms with Gasteiger partial charge in [0.05, 0.1) is 4.47 Å². The Morgan fingerprint density at radius 2 is 2.00 bits per heavy atom. The van der Waals surface area contributed by atoms with Crippen LogP contribution in [0.5, 0.6) is 0 Å². The number of nitrogens with zero attached hydrogens (tertiary/aromatic N) is 2. The summed E-state index contributed by atoms with van der Waals surface area (Å²) >= 11 is 6.65. The average Bonchev–Trinajstić information content (AvgIpc) is 2.69. The molecule has 0 unspecified atom stereocenters. The van der Waals surface area contributed by atoms with Gasteiger partial charge in [0, 0.05) is 17.8 Å². The summed E-state index contributed by atoms with van der Waals surface area (Å²) < 4.78 is 6.94. The predicted octanol–water partition coefficient (Wildman–Crippen LogP) is 3.67. The number of nitrogen functional groups attached to an aromatic ring is 1. The monoisotopic (exact) mass is 374 g/mol. The smallest absolute Gasteiger partial charge is 0.198 e. The molecule has 0 aliphatic carbocycles. The van der Waals surface area contributed by atoms with Crippen LogP contribution >= 0.6 is 31.9 Å². The Balaban J connectivity index is 2.52. The summed E-state index contributed by atoms with van der Waals surface area (Å²) in [5, 5.41) is 0. The summed E-state index contributed by atoms with van der Waals surface area (Å²) in [5.41, 5.74) is 3.44. The molecule has 0 spiro atoms. The summed E-state index contributed by atoms with van der Waals surface area (Å²) in [6, 6.07) is 3.63. The van der Waals surface area contributed by atoms with Crippen LogP contribution in [0.25, 0.3) is 11.6 Å². The molecule has 0 saturated heterocycles. The van der Waals surface area contributed by atoms with Crippen LogP contribution in [0.1, 0.15) is 25.5 Å². The van der Waals surface area contributed by atoms with Crippen LogP contribution in [-0.2, 0) is 0 Å². The van der Waals surface area contributed by atoms with E-state index in [4.69, 9.17) is 10.3 Å². The zero-order chi connectivity index (χ0) is 13.3. The molecule has 0 aliphatic heterocycles. The summed E-state index contributed by atoms with van der Waals surface area (Å²) in [7, 11) is 0. The number of hydrogen-bond donors (Lipinski definition) is 2. The molecule has 2 rings (SSSR count). The summed E-state index contributed by atoms with van der Waals surface area (Å²) in [6.45, 7) is 4.11. The Morgan fingerprint density at radius 3 is 2.50 bits per heavy atom. The lowest BCUT2D eigenvalue weighted by Crippen LogP contribution is -2.10. The second-order valence-electron chi connectivity index (χ2n) is 4.03. The van der Waals surface area contributed by atoms with Gasteiger partial charge in [0.25, 0.3) is 0 Å². The van der Waals surface area contributed by atoms with Gasteiger partial charge in [-0.1, -0.05) is 13.8 Å². The minimum absolute atomic E-state index is 0.278. The molecular weight excluding hydrogens is 364 g/mol. The molecule has 0 atom stereocenters. The third-order valence-electron chi connectivity index (χ3n) is 2.35. The fourth-order valence-corrected chi connectivity index (χ4v) is 1.98. The number of aromatic nitrogens is 2. The van der Waals surface area contributed by atoms with E-state index in [-0.39, 0.29) is 5.92 Å². The van der Waals surface area contributed by atoms with Crippen molar-refractivity contribution in [3.05, 3.63) is 27.0 Å². The number of furan rings is 1. The first-order valence-corrected chi connectivity index (χ1v) is 6.90. The molecule has 3 N–H and O–H groups in total. The highest BCUT2D eigenvalue weighted by Gasteiger charge is 2.14. The lowest BCUT2D eigenvalue weighted by atomic mass is 10.1. The SMILES string of the molecule is CC(C)c1cc(NN)nc(-c2cc(Br)c(Br)o2)n1. The molecule has 0 fully saturated rings. The van der Waals surface area contributed by atoms with Crippen LogP contribution in [0.2, 0.25) is 0 Å². The number of hydrazine groups is 1. The molecule has 0 saturated carbocycles. The Bertz CT molecular complexity index is 549. The molecule has 2 aromatic rings. The van der Waals surface area contributed by atoms with E-state index in [9.17, 15) is 0 Å². The highest BCUT2D eigenvalue weighted by Crippen LogP contribution is 2.32. The van der Waals surface area contributed by atoms with Crippen LogP contribution in [0.15, 0.2) is 25.7 Å². The largest absolute Gasteiger partial charge is 0.445 e. The molecule has 0 aliphatic rings. The van der Waals surface area contributed by atoms with Crippen molar-refractivity contribution < 1.29 is 4.42 Å². The number of nitrogens with two attached hydrogens (primary N) is 1. The van der Waals surface area contributed by atoms with Crippen LogP contribution in [0.4, 0.5) is 5.82 Å². The first kappa shape index (κ1) is 13.5. The lowest BCUT2D eigenvalue weighted by molar-refractivity contribution is 0.548. The van der Waals surface area contributed by atoms with E-state index in [2.05, 4.69) is 61.1 Å². The molecule has 7 heteroatoms. The number of nitrogens with one attached hydrogen (secondary N) is 1. The van der Waals surface area contributed by atoms with E-state index in [1.54, 1.807) is 0 Å². The normalized spacial score (nSPS) is 11.0. The van der Waals surface area contributed by atoms with Gasteiger partial charge in [0.1, 0.15) is 5.82 Å². The van der Waals surface area contributed by atoms with Gasteiger partial charge < -0.3 is 9.84 Å². The fraction of sp³-hybridized carbons (Fsp3) is 0.273. The van der Waals surface area contributed by atoms with Crippen LogP contribution in [0.3, 0.4) is 0 Å². The van der Waals surface area contributed by atoms with Gasteiger partial charge in [-0.05, 0) is 37.8 Å². The Labute approximate surface area is 121 Å². The molecule has 2 aromatic heterocycles. The lowest BCUT2D eigenvalue weighted by Gasteiger charge is -2.08. The van der Waals surface area contributed by atoms with E-state index in [0.717, 1.165) is 10.2 Å². The van der Waals surface area contributed by atoms with Gasteiger partial charge in [-0.15, -0.1) is 0 Å². The minimum Gasteiger partial charge on any atom is -0.445 e. The van der Waals surface area contributed by atoms with Crippen LogP contribution in [0, 0.1) is 0 Å². The highest BCUT2D eigenvalue weighted by molar-refractivity contribution is 9.13. The van der Waals surface area contributed by atoms with E-state index in [1.807, 2.05) is 12.1 Å². The summed E-state index contributed by atoms with van der Waals surface area (Å²) in [4.78, 5) is 8.74. The first-order chi connectivity index (χ1) is 8.51. The van der Waals surface area contributed by atoms with E-state index < -0.39 is 0 Å². The third-order valence-corrected chi connectivity index (χ3v) is 4.06. The van der Waals surface area contributed by atoms with Crippen molar-refractivity contribution in [2.24, 2.45) is 5.84 Å². The molecule has 18 heavy (non-hydrogen) atoms. The molecule has 0 amide bonds. The van der Waals surface area contributed by atoms with Gasteiger partial charge in [-0.2, -0.15) is 0 Å². The first-order valence-electron chi connectivity index (χ1n) is 5.32. The second-order valence-corrected chi connectivity index (χ2v) is 5.61. The van der Waals surface area contributed by atoms with Crippen LogP contribution < -0.4 is 11.3 Å². The molecule has 0 radical (unpaired) electrons. The van der Waals surface area contributed by atoms with Gasteiger partial charge in [-0.3, -0.25) is 0 Å². The fourth-order valence-electron chi connectivity index (χ4n) is 1.40. The Kier molecular flexibility index (Phi) is 4.04. The Morgan fingerprint density at radius 1 is 1.28 bits per heavy atom. The summed E-state index contributed by atoms with van der Waals surface area (Å²) in [5.74, 6) is 7.33. The Hall–Kier alpha value is -0.920. The molecule has 2 heterocycles. The molecule has 96 valence electrons. The third kappa shape index (κ3) is 2.73. The zero-order valence-electron chi connectivity index (χ0n) is 9.87. The zero-order valence-corrected chi connectivity index (χ0v) is 13.0. The number of anilines is 1. The maximum atomic E-state index is 5.51. The molecular formula is C11H12Br2N4O.